The second kappa shape index (κ2) is 19.4. The number of carbonyl (C=O) groups is 1. The van der Waals surface area contributed by atoms with Crippen LogP contribution in [0.25, 0.3) is 0 Å². The fraction of sp³-hybridized carbons (Fsp3) is 0.960. The van der Waals surface area contributed by atoms with Crippen molar-refractivity contribution in [2.45, 2.75) is 128 Å². The Morgan fingerprint density at radius 3 is 1.91 bits per heavy atom. The quantitative estimate of drug-likeness (QED) is 0.149. The molecule has 0 aromatic carbocycles. The van der Waals surface area contributed by atoms with E-state index in [1.165, 1.54) is 71.1 Å². The van der Waals surface area contributed by atoms with Gasteiger partial charge in [-0.15, -0.1) is 0 Å². The summed E-state index contributed by atoms with van der Waals surface area (Å²) < 4.78 is 21.6. The molecule has 1 heterocycles. The summed E-state index contributed by atoms with van der Waals surface area (Å²) in [5, 5.41) is 39.0. The van der Waals surface area contributed by atoms with E-state index in [1.807, 2.05) is 0 Å². The third-order valence-electron chi connectivity index (χ3n) is 6.07. The molecule has 0 aliphatic carbocycles. The maximum atomic E-state index is 11.4. The van der Waals surface area contributed by atoms with Gasteiger partial charge in [-0.05, 0) is 6.42 Å². The maximum absolute atomic E-state index is 11.4. The SMILES string of the molecule is CCCCCCCCCCCCCCOCC(COC1OC(CO)C(O)C(O)C1O)OC(C)=O. The predicted molar refractivity (Wildman–Crippen MR) is 127 cm³/mol. The number of hydrogen-bond donors (Lipinski definition) is 4. The number of hydrogen-bond acceptors (Lipinski definition) is 9. The van der Waals surface area contributed by atoms with E-state index < -0.39 is 49.4 Å². The Labute approximate surface area is 204 Å². The van der Waals surface area contributed by atoms with Crippen LogP contribution in [0.4, 0.5) is 0 Å². The molecule has 1 aliphatic rings. The molecule has 9 nitrogen and oxygen atoms in total. The second-order valence-corrected chi connectivity index (χ2v) is 9.23. The third kappa shape index (κ3) is 13.3. The summed E-state index contributed by atoms with van der Waals surface area (Å²) in [5.74, 6) is -0.489. The minimum atomic E-state index is -1.52. The summed E-state index contributed by atoms with van der Waals surface area (Å²) in [6.07, 6.45) is 7.64. The molecular weight excluding hydrogens is 444 g/mol. The molecule has 0 aromatic heterocycles. The molecule has 1 aliphatic heterocycles. The number of esters is 1. The predicted octanol–water partition coefficient (Wildman–Crippen LogP) is 2.45. The van der Waals surface area contributed by atoms with Crippen LogP contribution >= 0.6 is 0 Å². The van der Waals surface area contributed by atoms with Crippen LogP contribution in [-0.2, 0) is 23.7 Å². The molecule has 0 radical (unpaired) electrons. The highest BCUT2D eigenvalue weighted by Crippen LogP contribution is 2.22. The average molecular weight is 493 g/mol. The summed E-state index contributed by atoms with van der Waals surface area (Å²) in [7, 11) is 0. The van der Waals surface area contributed by atoms with Crippen molar-refractivity contribution in [1.29, 1.82) is 0 Å². The van der Waals surface area contributed by atoms with Gasteiger partial charge >= 0.3 is 5.97 Å². The van der Waals surface area contributed by atoms with Gasteiger partial charge in [0.2, 0.25) is 0 Å². The van der Waals surface area contributed by atoms with Gasteiger partial charge in [-0.2, -0.15) is 0 Å². The van der Waals surface area contributed by atoms with Crippen molar-refractivity contribution in [3.05, 3.63) is 0 Å². The Hall–Kier alpha value is -0.810. The highest BCUT2D eigenvalue weighted by atomic mass is 16.7. The third-order valence-corrected chi connectivity index (χ3v) is 6.07. The summed E-state index contributed by atoms with van der Waals surface area (Å²) >= 11 is 0. The van der Waals surface area contributed by atoms with Crippen molar-refractivity contribution < 1.29 is 44.2 Å². The van der Waals surface area contributed by atoms with Crippen LogP contribution in [0.3, 0.4) is 0 Å². The van der Waals surface area contributed by atoms with Crippen molar-refractivity contribution in [1.82, 2.24) is 0 Å². The molecule has 34 heavy (non-hydrogen) atoms. The van der Waals surface area contributed by atoms with Crippen LogP contribution < -0.4 is 0 Å². The first-order chi connectivity index (χ1) is 16.4. The van der Waals surface area contributed by atoms with Gasteiger partial charge in [0, 0.05) is 13.5 Å². The lowest BCUT2D eigenvalue weighted by Gasteiger charge is -2.39. The summed E-state index contributed by atoms with van der Waals surface area (Å²) in [5.41, 5.74) is 0. The highest BCUT2D eigenvalue weighted by Gasteiger charge is 2.44. The standard InChI is InChI=1S/C25H48O9/c1-3-4-5-6-7-8-9-10-11-12-13-14-15-31-17-20(33-19(2)27)18-32-25-24(30)23(29)22(28)21(16-26)34-25/h20-26,28-30H,3-18H2,1-2H3. The lowest BCUT2D eigenvalue weighted by Crippen LogP contribution is -2.59. The van der Waals surface area contributed by atoms with Crippen LogP contribution in [0, 0.1) is 0 Å². The van der Waals surface area contributed by atoms with Gasteiger partial charge in [-0.3, -0.25) is 4.79 Å². The highest BCUT2D eigenvalue weighted by molar-refractivity contribution is 5.66. The molecule has 6 atom stereocenters. The van der Waals surface area contributed by atoms with E-state index in [1.54, 1.807) is 0 Å². The molecule has 202 valence electrons. The van der Waals surface area contributed by atoms with Crippen LogP contribution in [0.2, 0.25) is 0 Å². The molecule has 1 fully saturated rings. The van der Waals surface area contributed by atoms with Crippen molar-refractivity contribution in [2.75, 3.05) is 26.4 Å². The monoisotopic (exact) mass is 492 g/mol. The first-order valence-electron chi connectivity index (χ1n) is 13.1. The molecule has 4 N–H and O–H groups in total. The Balaban J connectivity index is 2.15. The number of aliphatic hydroxyl groups excluding tert-OH is 4. The maximum Gasteiger partial charge on any atom is 0.303 e. The number of aliphatic hydroxyl groups is 4. The van der Waals surface area contributed by atoms with Crippen molar-refractivity contribution in [2.24, 2.45) is 0 Å². The Morgan fingerprint density at radius 1 is 0.824 bits per heavy atom. The zero-order valence-electron chi connectivity index (χ0n) is 21.1. The summed E-state index contributed by atoms with van der Waals surface area (Å²) in [6, 6.07) is 0. The lowest BCUT2D eigenvalue weighted by molar-refractivity contribution is -0.305. The molecule has 9 heteroatoms. The van der Waals surface area contributed by atoms with E-state index in [4.69, 9.17) is 18.9 Å². The van der Waals surface area contributed by atoms with Gasteiger partial charge in [0.05, 0.1) is 19.8 Å². The van der Waals surface area contributed by atoms with Crippen molar-refractivity contribution in [3.8, 4) is 0 Å². The zero-order chi connectivity index (χ0) is 25.2. The average Bonchev–Trinajstić information content (AvgIpc) is 2.81. The van der Waals surface area contributed by atoms with Gasteiger partial charge in [-0.25, -0.2) is 0 Å². The van der Waals surface area contributed by atoms with Gasteiger partial charge in [-0.1, -0.05) is 77.6 Å². The van der Waals surface area contributed by atoms with E-state index in [0.29, 0.717) is 6.61 Å². The van der Waals surface area contributed by atoms with Crippen LogP contribution in [0.1, 0.15) is 90.9 Å². The normalized spacial score (nSPS) is 25.9. The van der Waals surface area contributed by atoms with Gasteiger partial charge in [0.1, 0.15) is 30.5 Å². The molecule has 1 rings (SSSR count). The summed E-state index contributed by atoms with van der Waals surface area (Å²) in [6.45, 7) is 3.54. The molecule has 6 unspecified atom stereocenters. The molecule has 0 saturated carbocycles. The van der Waals surface area contributed by atoms with E-state index in [0.717, 1.165) is 12.8 Å². The minimum Gasteiger partial charge on any atom is -0.458 e. The first-order valence-corrected chi connectivity index (χ1v) is 13.1. The van der Waals surface area contributed by atoms with Gasteiger partial charge in [0.25, 0.3) is 0 Å². The fourth-order valence-electron chi connectivity index (χ4n) is 4.02. The molecular formula is C25H48O9. The minimum absolute atomic E-state index is 0.124. The molecule has 0 amide bonds. The van der Waals surface area contributed by atoms with Crippen molar-refractivity contribution >= 4 is 5.97 Å². The van der Waals surface area contributed by atoms with Crippen LogP contribution in [0.5, 0.6) is 0 Å². The Bertz CT molecular complexity index is 503. The van der Waals surface area contributed by atoms with E-state index >= 15 is 0 Å². The van der Waals surface area contributed by atoms with E-state index in [9.17, 15) is 25.2 Å². The molecule has 1 saturated heterocycles. The molecule has 0 spiro atoms. The smallest absolute Gasteiger partial charge is 0.303 e. The molecule has 0 aromatic rings. The number of rotatable bonds is 20. The van der Waals surface area contributed by atoms with Gasteiger partial charge < -0.3 is 39.4 Å². The Morgan fingerprint density at radius 2 is 1.38 bits per heavy atom. The lowest BCUT2D eigenvalue weighted by atomic mass is 9.99. The fourth-order valence-corrected chi connectivity index (χ4v) is 4.02. The first kappa shape index (κ1) is 31.2. The number of carbonyl (C=O) groups excluding carboxylic acids is 1. The van der Waals surface area contributed by atoms with Gasteiger partial charge in [0.15, 0.2) is 6.29 Å². The number of unbranched alkanes of at least 4 members (excludes halogenated alkanes) is 11. The van der Waals surface area contributed by atoms with E-state index in [-0.39, 0.29) is 13.2 Å². The zero-order valence-corrected chi connectivity index (χ0v) is 21.1. The summed E-state index contributed by atoms with van der Waals surface area (Å²) in [4.78, 5) is 11.4. The topological polar surface area (TPSA) is 135 Å². The largest absolute Gasteiger partial charge is 0.458 e. The second-order valence-electron chi connectivity index (χ2n) is 9.23. The van der Waals surface area contributed by atoms with Crippen LogP contribution in [0.15, 0.2) is 0 Å². The number of ether oxygens (including phenoxy) is 4. The molecule has 0 bridgehead atoms. The van der Waals surface area contributed by atoms with Crippen LogP contribution in [-0.4, -0.2) is 89.6 Å². The Kier molecular flexibility index (Phi) is 17.8. The van der Waals surface area contributed by atoms with E-state index in [2.05, 4.69) is 6.92 Å². The van der Waals surface area contributed by atoms with Crippen molar-refractivity contribution in [3.63, 3.8) is 0 Å².